The van der Waals surface area contributed by atoms with Gasteiger partial charge >= 0.3 is 10.1 Å². The van der Waals surface area contributed by atoms with Crippen molar-refractivity contribution in [3.8, 4) is 0 Å². The zero-order valence-electron chi connectivity index (χ0n) is 14.3. The predicted octanol–water partition coefficient (Wildman–Crippen LogP) is 5.00. The Morgan fingerprint density at radius 2 is 1.54 bits per heavy atom. The van der Waals surface area contributed by atoms with Crippen molar-refractivity contribution in [2.24, 2.45) is 10.2 Å². The molecule has 1 N–H and O–H groups in total. The molecule has 0 spiro atoms. The van der Waals surface area contributed by atoms with Crippen molar-refractivity contribution >= 4 is 39.0 Å². The van der Waals surface area contributed by atoms with Crippen LogP contribution >= 0.6 is 11.6 Å². The fraction of sp³-hybridized carbons (Fsp3) is 0. The van der Waals surface area contributed by atoms with Crippen molar-refractivity contribution in [3.63, 3.8) is 0 Å². The van der Waals surface area contributed by atoms with E-state index in [4.69, 9.17) is 15.9 Å². The minimum Gasteiger partial charge on any atom is -0.265 e. The number of hydrogen-bond donors (Lipinski definition) is 1. The first-order chi connectivity index (χ1) is 13.4. The summed E-state index contributed by atoms with van der Waals surface area (Å²) in [4.78, 5) is 12.0. The molecule has 0 saturated carbocycles. The smallest absolute Gasteiger partial charge is 0.265 e. The number of halogens is 1. The highest BCUT2D eigenvalue weighted by Gasteiger charge is 2.14. The summed E-state index contributed by atoms with van der Waals surface area (Å²) in [6, 6.07) is 20.3. The van der Waals surface area contributed by atoms with Gasteiger partial charge in [-0.25, -0.2) is 5.48 Å². The number of anilines is 1. The van der Waals surface area contributed by atoms with Gasteiger partial charge in [-0.15, -0.1) is 14.5 Å². The molecule has 0 unspecified atom stereocenters. The van der Waals surface area contributed by atoms with Crippen molar-refractivity contribution in [1.29, 1.82) is 0 Å². The van der Waals surface area contributed by atoms with Crippen LogP contribution in [0.5, 0.6) is 0 Å². The summed E-state index contributed by atoms with van der Waals surface area (Å²) in [5.74, 6) is -0.504. The summed E-state index contributed by atoms with van der Waals surface area (Å²) in [6.45, 7) is 0. The van der Waals surface area contributed by atoms with Gasteiger partial charge in [0.25, 0.3) is 5.91 Å². The minimum atomic E-state index is -3.93. The first kappa shape index (κ1) is 19.7. The molecule has 0 aliphatic rings. The lowest BCUT2D eigenvalue weighted by Crippen LogP contribution is -2.11. The van der Waals surface area contributed by atoms with Crippen molar-refractivity contribution in [1.82, 2.24) is 0 Å². The van der Waals surface area contributed by atoms with Crippen molar-refractivity contribution in [2.45, 2.75) is 4.90 Å². The van der Waals surface area contributed by atoms with Gasteiger partial charge < -0.3 is 0 Å². The third kappa shape index (κ3) is 5.23. The van der Waals surface area contributed by atoms with Crippen LogP contribution in [0.4, 0.5) is 11.4 Å². The van der Waals surface area contributed by atoms with Crippen molar-refractivity contribution in [3.05, 3.63) is 89.4 Å². The normalized spacial score (nSPS) is 11.5. The molecule has 0 radical (unpaired) electrons. The Morgan fingerprint density at radius 3 is 2.18 bits per heavy atom. The van der Waals surface area contributed by atoms with Crippen LogP contribution in [0.25, 0.3) is 0 Å². The SMILES string of the molecule is O=C(N=Nc1ccc(NOS(=O)(=O)c2ccccc2)cc1)c1ccc(Cl)cc1. The molecule has 1 amide bonds. The van der Waals surface area contributed by atoms with Crippen LogP contribution in [0.3, 0.4) is 0 Å². The van der Waals surface area contributed by atoms with Gasteiger partial charge in [0, 0.05) is 10.6 Å². The van der Waals surface area contributed by atoms with E-state index in [1.165, 1.54) is 12.1 Å². The summed E-state index contributed by atoms with van der Waals surface area (Å²) < 4.78 is 28.9. The van der Waals surface area contributed by atoms with Gasteiger partial charge in [-0.05, 0) is 60.7 Å². The van der Waals surface area contributed by atoms with Crippen molar-refractivity contribution in [2.75, 3.05) is 5.48 Å². The highest BCUT2D eigenvalue weighted by Crippen LogP contribution is 2.19. The molecule has 0 aliphatic heterocycles. The Hall–Kier alpha value is -3.07. The number of rotatable bonds is 6. The maximum absolute atomic E-state index is 12.0. The van der Waals surface area contributed by atoms with Gasteiger partial charge in [0.1, 0.15) is 0 Å². The number of hydrogen-bond acceptors (Lipinski definition) is 6. The van der Waals surface area contributed by atoms with Crippen LogP contribution in [-0.2, 0) is 14.4 Å². The number of carbonyl (C=O) groups is 1. The quantitative estimate of drug-likeness (QED) is 0.451. The summed E-state index contributed by atoms with van der Waals surface area (Å²) >= 11 is 5.77. The average Bonchev–Trinajstić information content (AvgIpc) is 2.72. The van der Waals surface area contributed by atoms with Crippen LogP contribution in [0.15, 0.2) is 94.0 Å². The molecule has 0 heterocycles. The summed E-state index contributed by atoms with van der Waals surface area (Å²) in [7, 11) is -3.93. The van der Waals surface area contributed by atoms with Crippen LogP contribution < -0.4 is 5.48 Å². The van der Waals surface area contributed by atoms with Crippen LogP contribution in [0, 0.1) is 0 Å². The lowest BCUT2D eigenvalue weighted by molar-refractivity contribution is 0.0995. The van der Waals surface area contributed by atoms with E-state index in [2.05, 4.69) is 15.7 Å². The third-order valence-corrected chi connectivity index (χ3v) is 4.92. The number of azo groups is 1. The Labute approximate surface area is 166 Å². The predicted molar refractivity (Wildman–Crippen MR) is 105 cm³/mol. The number of benzene rings is 3. The fourth-order valence-corrected chi connectivity index (χ4v) is 3.01. The Balaban J connectivity index is 1.60. The van der Waals surface area contributed by atoms with E-state index in [-0.39, 0.29) is 4.90 Å². The molecule has 0 saturated heterocycles. The van der Waals surface area contributed by atoms with Gasteiger partial charge in [-0.2, -0.15) is 8.42 Å². The molecule has 3 aromatic rings. The topological polar surface area (TPSA) is 97.2 Å². The maximum atomic E-state index is 12.0. The lowest BCUT2D eigenvalue weighted by Gasteiger charge is -2.07. The summed E-state index contributed by atoms with van der Waals surface area (Å²) in [5.41, 5.74) is 3.54. The van der Waals surface area contributed by atoms with E-state index in [1.807, 2.05) is 0 Å². The zero-order chi connectivity index (χ0) is 20.0. The standard InChI is InChI=1S/C19H14ClN3O4S/c20-15-8-6-14(7-9-15)19(24)22-21-16-10-12-17(13-11-16)23-27-28(25,26)18-4-2-1-3-5-18/h1-13,23H. The molecule has 0 atom stereocenters. The van der Waals surface area contributed by atoms with E-state index in [0.717, 1.165) is 0 Å². The minimum absolute atomic E-state index is 0.0358. The second kappa shape index (κ2) is 8.75. The summed E-state index contributed by atoms with van der Waals surface area (Å²) in [5, 5.41) is 8.02. The van der Waals surface area contributed by atoms with Gasteiger partial charge in [0.15, 0.2) is 0 Å². The maximum Gasteiger partial charge on any atom is 0.317 e. The monoisotopic (exact) mass is 415 g/mol. The molecule has 0 aromatic heterocycles. The second-order valence-corrected chi connectivity index (χ2v) is 7.49. The van der Waals surface area contributed by atoms with E-state index >= 15 is 0 Å². The average molecular weight is 416 g/mol. The molecule has 0 aliphatic carbocycles. The largest absolute Gasteiger partial charge is 0.317 e. The Morgan fingerprint density at radius 1 is 0.893 bits per heavy atom. The lowest BCUT2D eigenvalue weighted by atomic mass is 10.2. The fourth-order valence-electron chi connectivity index (χ4n) is 2.09. The van der Waals surface area contributed by atoms with E-state index in [9.17, 15) is 13.2 Å². The van der Waals surface area contributed by atoms with Gasteiger partial charge in [0.2, 0.25) is 0 Å². The molecule has 3 rings (SSSR count). The Kier molecular flexibility index (Phi) is 6.15. The molecular formula is C19H14ClN3O4S. The highest BCUT2D eigenvalue weighted by molar-refractivity contribution is 7.86. The van der Waals surface area contributed by atoms with Gasteiger partial charge in [0.05, 0.1) is 16.3 Å². The second-order valence-electron chi connectivity index (χ2n) is 5.51. The summed E-state index contributed by atoms with van der Waals surface area (Å²) in [6.07, 6.45) is 0. The first-order valence-corrected chi connectivity index (χ1v) is 9.79. The van der Waals surface area contributed by atoms with E-state index < -0.39 is 16.0 Å². The number of carbonyl (C=O) groups excluding carboxylic acids is 1. The zero-order valence-corrected chi connectivity index (χ0v) is 15.9. The first-order valence-electron chi connectivity index (χ1n) is 8.00. The number of nitrogens with zero attached hydrogens (tertiary/aromatic N) is 2. The van der Waals surface area contributed by atoms with Gasteiger partial charge in [-0.3, -0.25) is 4.79 Å². The molecular weight excluding hydrogens is 402 g/mol. The van der Waals surface area contributed by atoms with Crippen LogP contribution in [0.1, 0.15) is 10.4 Å². The number of nitrogens with one attached hydrogen (secondary N) is 1. The molecule has 9 heteroatoms. The molecule has 142 valence electrons. The molecule has 0 fully saturated rings. The van der Waals surface area contributed by atoms with Crippen LogP contribution in [-0.4, -0.2) is 14.3 Å². The highest BCUT2D eigenvalue weighted by atomic mass is 35.5. The Bertz CT molecular complexity index is 1080. The molecule has 7 nitrogen and oxygen atoms in total. The molecule has 3 aromatic carbocycles. The molecule has 0 bridgehead atoms. The van der Waals surface area contributed by atoms with Crippen molar-refractivity contribution < 1.29 is 17.5 Å². The van der Waals surface area contributed by atoms with E-state index in [0.29, 0.717) is 22.0 Å². The third-order valence-electron chi connectivity index (χ3n) is 3.52. The van der Waals surface area contributed by atoms with E-state index in [1.54, 1.807) is 66.7 Å². The van der Waals surface area contributed by atoms with Crippen LogP contribution in [0.2, 0.25) is 5.02 Å². The van der Waals surface area contributed by atoms with Gasteiger partial charge in [-0.1, -0.05) is 29.8 Å². The molecule has 28 heavy (non-hydrogen) atoms. The number of amides is 1.